The van der Waals surface area contributed by atoms with Crippen molar-refractivity contribution in [2.45, 2.75) is 12.5 Å². The van der Waals surface area contributed by atoms with Crippen LogP contribution in [0.1, 0.15) is 17.3 Å². The highest BCUT2D eigenvalue weighted by atomic mass is 35.5. The van der Waals surface area contributed by atoms with Gasteiger partial charge in [-0.3, -0.25) is 4.79 Å². The van der Waals surface area contributed by atoms with Gasteiger partial charge in [-0.1, -0.05) is 23.7 Å². The Kier molecular flexibility index (Phi) is 6.54. The Bertz CT molecular complexity index is 794. The number of halogens is 1. The van der Waals surface area contributed by atoms with Crippen molar-refractivity contribution in [3.63, 3.8) is 0 Å². The number of hydrogen-bond acceptors (Lipinski definition) is 5. The lowest BCUT2D eigenvalue weighted by atomic mass is 10.1. The summed E-state index contributed by atoms with van der Waals surface area (Å²) in [7, 11) is 0. The molecule has 0 saturated carbocycles. The number of nitrogens with two attached hydrogens (primary N) is 1. The zero-order valence-electron chi connectivity index (χ0n) is 14.6. The summed E-state index contributed by atoms with van der Waals surface area (Å²) in [6.45, 7) is 2.63. The van der Waals surface area contributed by atoms with Gasteiger partial charge < -0.3 is 26.0 Å². The number of nitrogens with one attached hydrogen (secondary N) is 2. The van der Waals surface area contributed by atoms with E-state index in [-0.39, 0.29) is 12.3 Å². The topological polar surface area (TPSA) is 96.7 Å². The van der Waals surface area contributed by atoms with Crippen molar-refractivity contribution in [3.8, 4) is 0 Å². The van der Waals surface area contributed by atoms with E-state index in [1.807, 2.05) is 23.6 Å². The molecule has 2 heterocycles. The number of nitrogens with zero attached hydrogens (tertiary/aromatic N) is 1. The number of anilines is 2. The Morgan fingerprint density at radius 1 is 1.26 bits per heavy atom. The number of hydrogen-bond donors (Lipinski definition) is 3. The number of amides is 3. The summed E-state index contributed by atoms with van der Waals surface area (Å²) in [4.78, 5) is 26.9. The Balaban J connectivity index is 1.75. The van der Waals surface area contributed by atoms with Crippen LogP contribution in [-0.4, -0.2) is 38.2 Å². The first-order chi connectivity index (χ1) is 13.0. The lowest BCUT2D eigenvalue weighted by molar-refractivity contribution is -0.116. The first-order valence-electron chi connectivity index (χ1n) is 8.55. The second-order valence-corrected chi connectivity index (χ2v) is 7.45. The van der Waals surface area contributed by atoms with Crippen molar-refractivity contribution < 1.29 is 14.3 Å². The molecule has 3 rings (SSSR count). The average molecular weight is 409 g/mol. The normalized spacial score (nSPS) is 15.2. The summed E-state index contributed by atoms with van der Waals surface area (Å²) >= 11 is 7.85. The van der Waals surface area contributed by atoms with E-state index in [0.717, 1.165) is 10.6 Å². The van der Waals surface area contributed by atoms with Crippen LogP contribution in [-0.2, 0) is 9.53 Å². The van der Waals surface area contributed by atoms with E-state index in [1.54, 1.807) is 12.1 Å². The molecule has 1 atom stereocenters. The van der Waals surface area contributed by atoms with E-state index in [0.29, 0.717) is 37.0 Å². The largest absolute Gasteiger partial charge is 0.378 e. The molecule has 0 aliphatic carbocycles. The molecule has 1 aromatic carbocycles. The fourth-order valence-electron chi connectivity index (χ4n) is 3.00. The van der Waals surface area contributed by atoms with Crippen molar-refractivity contribution in [2.75, 3.05) is 36.5 Å². The van der Waals surface area contributed by atoms with E-state index in [4.69, 9.17) is 22.1 Å². The quantitative estimate of drug-likeness (QED) is 0.684. The van der Waals surface area contributed by atoms with Gasteiger partial charge in [0, 0.05) is 18.0 Å². The summed E-state index contributed by atoms with van der Waals surface area (Å²) in [5.41, 5.74) is 6.68. The second kappa shape index (κ2) is 9.07. The summed E-state index contributed by atoms with van der Waals surface area (Å²) in [5, 5.41) is 8.00. The monoisotopic (exact) mass is 408 g/mol. The van der Waals surface area contributed by atoms with Gasteiger partial charge in [0.1, 0.15) is 0 Å². The molecule has 144 valence electrons. The molecule has 1 unspecified atom stereocenters. The van der Waals surface area contributed by atoms with Crippen molar-refractivity contribution in [1.82, 2.24) is 5.32 Å². The number of benzene rings is 1. The zero-order chi connectivity index (χ0) is 19.2. The minimum atomic E-state index is -0.669. The molecule has 3 amide bonds. The standard InChI is InChI=1S/C18H21ClN4O3S/c19-12-3-1-4-13(17(12)23-6-8-26-9-7-23)21-16(24)11-14(22-18(20)25)15-5-2-10-27-15/h1-5,10,14H,6-9,11H2,(H,21,24)(H3,20,22,25). The van der Waals surface area contributed by atoms with Gasteiger partial charge in [0.05, 0.1) is 42.1 Å². The van der Waals surface area contributed by atoms with Gasteiger partial charge in [-0.25, -0.2) is 4.79 Å². The molecule has 9 heteroatoms. The van der Waals surface area contributed by atoms with E-state index in [9.17, 15) is 9.59 Å². The number of primary amides is 1. The maximum atomic E-state index is 12.7. The van der Waals surface area contributed by atoms with Gasteiger partial charge in [0.25, 0.3) is 0 Å². The van der Waals surface area contributed by atoms with E-state index in [1.165, 1.54) is 11.3 Å². The number of carbonyl (C=O) groups excluding carboxylic acids is 2. The van der Waals surface area contributed by atoms with Crippen LogP contribution in [0.5, 0.6) is 0 Å². The van der Waals surface area contributed by atoms with E-state index >= 15 is 0 Å². The number of para-hydroxylation sites is 1. The molecule has 2 aromatic rings. The van der Waals surface area contributed by atoms with E-state index < -0.39 is 12.1 Å². The molecule has 1 saturated heterocycles. The van der Waals surface area contributed by atoms with Gasteiger partial charge in [0.15, 0.2) is 0 Å². The Morgan fingerprint density at radius 2 is 2.04 bits per heavy atom. The van der Waals surface area contributed by atoms with Crippen LogP contribution in [0, 0.1) is 0 Å². The third kappa shape index (κ3) is 5.12. The second-order valence-electron chi connectivity index (χ2n) is 6.06. The third-order valence-electron chi connectivity index (χ3n) is 4.18. The van der Waals surface area contributed by atoms with Gasteiger partial charge in [-0.15, -0.1) is 11.3 Å². The molecule has 1 aliphatic heterocycles. The van der Waals surface area contributed by atoms with Crippen LogP contribution in [0.25, 0.3) is 0 Å². The zero-order valence-corrected chi connectivity index (χ0v) is 16.2. The first-order valence-corrected chi connectivity index (χ1v) is 9.81. The van der Waals surface area contributed by atoms with Crippen molar-refractivity contribution in [2.24, 2.45) is 5.73 Å². The van der Waals surface area contributed by atoms with E-state index in [2.05, 4.69) is 15.5 Å². The summed E-state index contributed by atoms with van der Waals surface area (Å²) < 4.78 is 5.39. The molecule has 27 heavy (non-hydrogen) atoms. The molecular weight excluding hydrogens is 388 g/mol. The van der Waals surface area contributed by atoms with Crippen molar-refractivity contribution >= 4 is 46.3 Å². The van der Waals surface area contributed by atoms with Crippen LogP contribution in [0.4, 0.5) is 16.2 Å². The highest BCUT2D eigenvalue weighted by Crippen LogP contribution is 2.35. The fourth-order valence-corrected chi connectivity index (χ4v) is 4.07. The van der Waals surface area contributed by atoms with Crippen LogP contribution in [0.2, 0.25) is 5.02 Å². The third-order valence-corrected chi connectivity index (χ3v) is 5.47. The average Bonchev–Trinajstić information content (AvgIpc) is 3.16. The van der Waals surface area contributed by atoms with Crippen LogP contribution in [0.3, 0.4) is 0 Å². The molecule has 1 fully saturated rings. The molecule has 4 N–H and O–H groups in total. The molecule has 0 bridgehead atoms. The number of thiophene rings is 1. The molecular formula is C18H21ClN4O3S. The van der Waals surface area contributed by atoms with Gasteiger partial charge >= 0.3 is 6.03 Å². The predicted molar refractivity (Wildman–Crippen MR) is 108 cm³/mol. The molecule has 1 aliphatic rings. The first kappa shape index (κ1) is 19.5. The predicted octanol–water partition coefficient (Wildman–Crippen LogP) is 2.98. The summed E-state index contributed by atoms with van der Waals surface area (Å²) in [5.74, 6) is -0.237. The fraction of sp³-hybridized carbons (Fsp3) is 0.333. The smallest absolute Gasteiger partial charge is 0.312 e. The van der Waals surface area contributed by atoms with Gasteiger partial charge in [0.2, 0.25) is 5.91 Å². The maximum absolute atomic E-state index is 12.7. The minimum absolute atomic E-state index is 0.0680. The number of carbonyl (C=O) groups is 2. The van der Waals surface area contributed by atoms with Crippen molar-refractivity contribution in [3.05, 3.63) is 45.6 Å². The number of urea groups is 1. The molecule has 7 nitrogen and oxygen atoms in total. The van der Waals surface area contributed by atoms with Crippen LogP contribution < -0.4 is 21.3 Å². The highest BCUT2D eigenvalue weighted by molar-refractivity contribution is 7.10. The maximum Gasteiger partial charge on any atom is 0.312 e. The number of morpholine rings is 1. The molecule has 0 spiro atoms. The highest BCUT2D eigenvalue weighted by Gasteiger charge is 2.22. The van der Waals surface area contributed by atoms with Gasteiger partial charge in [-0.05, 0) is 23.6 Å². The molecule has 0 radical (unpaired) electrons. The summed E-state index contributed by atoms with van der Waals surface area (Å²) in [6.07, 6.45) is 0.0680. The SMILES string of the molecule is NC(=O)NC(CC(=O)Nc1cccc(Cl)c1N1CCOCC1)c1cccs1. The lowest BCUT2D eigenvalue weighted by Gasteiger charge is -2.31. The van der Waals surface area contributed by atoms with Crippen LogP contribution in [0.15, 0.2) is 35.7 Å². The summed E-state index contributed by atoms with van der Waals surface area (Å²) in [6, 6.07) is 7.98. The van der Waals surface area contributed by atoms with Crippen molar-refractivity contribution in [1.29, 1.82) is 0 Å². The molecule has 1 aromatic heterocycles. The Morgan fingerprint density at radius 3 is 2.70 bits per heavy atom. The number of ether oxygens (including phenoxy) is 1. The number of rotatable bonds is 6. The minimum Gasteiger partial charge on any atom is -0.378 e. The Hall–Kier alpha value is -2.29. The van der Waals surface area contributed by atoms with Crippen LogP contribution >= 0.6 is 22.9 Å². The Labute approximate surface area is 166 Å². The lowest BCUT2D eigenvalue weighted by Crippen LogP contribution is -2.37. The van der Waals surface area contributed by atoms with Gasteiger partial charge in [-0.2, -0.15) is 0 Å².